The van der Waals surface area contributed by atoms with Gasteiger partial charge in [0.2, 0.25) is 5.95 Å². The van der Waals surface area contributed by atoms with Crippen LogP contribution in [0.5, 0.6) is 11.5 Å². The van der Waals surface area contributed by atoms with Gasteiger partial charge in [-0.05, 0) is 37.1 Å². The maximum atomic E-state index is 12.9. The summed E-state index contributed by atoms with van der Waals surface area (Å²) in [7, 11) is 0. The highest BCUT2D eigenvalue weighted by molar-refractivity contribution is 5.39. The van der Waals surface area contributed by atoms with Gasteiger partial charge in [-0.15, -0.1) is 0 Å². The summed E-state index contributed by atoms with van der Waals surface area (Å²) >= 11 is 0. The van der Waals surface area contributed by atoms with Crippen LogP contribution in [-0.4, -0.2) is 4.98 Å². The van der Waals surface area contributed by atoms with Crippen molar-refractivity contribution in [3.63, 3.8) is 0 Å². The predicted octanol–water partition coefficient (Wildman–Crippen LogP) is 3.63. The molecule has 2 aromatic rings. The van der Waals surface area contributed by atoms with Gasteiger partial charge in [0.25, 0.3) is 0 Å². The molecule has 0 saturated heterocycles. The van der Waals surface area contributed by atoms with Crippen molar-refractivity contribution in [2.75, 3.05) is 0 Å². The molecule has 0 fully saturated rings. The Labute approximate surface area is 93.7 Å². The van der Waals surface area contributed by atoms with Gasteiger partial charge in [-0.2, -0.15) is 4.39 Å². The van der Waals surface area contributed by atoms with Crippen LogP contribution in [0, 0.1) is 19.8 Å². The predicted molar refractivity (Wildman–Crippen MR) is 60.2 cm³/mol. The first kappa shape index (κ1) is 10.6. The highest BCUT2D eigenvalue weighted by atomic mass is 19.1. The quantitative estimate of drug-likeness (QED) is 0.716. The van der Waals surface area contributed by atoms with Crippen molar-refractivity contribution in [1.29, 1.82) is 0 Å². The maximum Gasteiger partial charge on any atom is 0.216 e. The molecule has 2 rings (SSSR count). The van der Waals surface area contributed by atoms with E-state index in [-0.39, 0.29) is 0 Å². The second kappa shape index (κ2) is 4.31. The lowest BCUT2D eigenvalue weighted by molar-refractivity contribution is 0.468. The summed E-state index contributed by atoms with van der Waals surface area (Å²) in [4.78, 5) is 3.47. The second-order valence-electron chi connectivity index (χ2n) is 3.69. The first-order valence-electron chi connectivity index (χ1n) is 5.02. The number of halogens is 1. The molecule has 0 saturated carbocycles. The zero-order valence-corrected chi connectivity index (χ0v) is 9.20. The average Bonchev–Trinajstić information content (AvgIpc) is 2.24. The maximum absolute atomic E-state index is 12.9. The molecule has 82 valence electrons. The summed E-state index contributed by atoms with van der Waals surface area (Å²) in [6.07, 6.45) is 1.38. The molecule has 0 amide bonds. The molecule has 0 aliphatic rings. The van der Waals surface area contributed by atoms with Crippen molar-refractivity contribution in [3.8, 4) is 11.5 Å². The Kier molecular flexibility index (Phi) is 2.86. The standard InChI is InChI=1S/C13H12FNO/c1-9-3-4-10(2)12(7-9)16-11-5-6-15-13(14)8-11/h3-8H,1-2H3. The van der Waals surface area contributed by atoms with Crippen LogP contribution in [0.4, 0.5) is 4.39 Å². The Morgan fingerprint density at radius 3 is 2.69 bits per heavy atom. The monoisotopic (exact) mass is 217 g/mol. The van der Waals surface area contributed by atoms with Gasteiger partial charge in [-0.25, -0.2) is 4.98 Å². The molecule has 1 aromatic heterocycles. The van der Waals surface area contributed by atoms with E-state index in [1.54, 1.807) is 6.07 Å². The molecule has 0 spiro atoms. The third-order valence-electron chi connectivity index (χ3n) is 2.27. The minimum atomic E-state index is -0.539. The molecule has 0 unspecified atom stereocenters. The first-order chi connectivity index (χ1) is 7.65. The van der Waals surface area contributed by atoms with Gasteiger partial charge in [0.1, 0.15) is 11.5 Å². The number of benzene rings is 1. The zero-order chi connectivity index (χ0) is 11.5. The number of pyridine rings is 1. The first-order valence-corrected chi connectivity index (χ1v) is 5.02. The van der Waals surface area contributed by atoms with E-state index in [0.717, 1.165) is 16.9 Å². The number of hydrogen-bond acceptors (Lipinski definition) is 2. The third kappa shape index (κ3) is 2.37. The van der Waals surface area contributed by atoms with Crippen molar-refractivity contribution in [1.82, 2.24) is 4.98 Å². The van der Waals surface area contributed by atoms with Crippen molar-refractivity contribution in [3.05, 3.63) is 53.6 Å². The fraction of sp³-hybridized carbons (Fsp3) is 0.154. The van der Waals surface area contributed by atoms with Gasteiger partial charge in [0.15, 0.2) is 0 Å². The van der Waals surface area contributed by atoms with E-state index in [9.17, 15) is 4.39 Å². The van der Waals surface area contributed by atoms with Gasteiger partial charge in [-0.1, -0.05) is 12.1 Å². The van der Waals surface area contributed by atoms with Crippen LogP contribution in [-0.2, 0) is 0 Å². The normalized spacial score (nSPS) is 10.2. The van der Waals surface area contributed by atoms with E-state index >= 15 is 0 Å². The zero-order valence-electron chi connectivity index (χ0n) is 9.20. The van der Waals surface area contributed by atoms with Gasteiger partial charge in [0, 0.05) is 12.3 Å². The van der Waals surface area contributed by atoms with E-state index < -0.39 is 5.95 Å². The molecule has 0 bridgehead atoms. The summed E-state index contributed by atoms with van der Waals surface area (Å²) in [6, 6.07) is 8.80. The van der Waals surface area contributed by atoms with Crippen molar-refractivity contribution < 1.29 is 9.13 Å². The number of aryl methyl sites for hydroxylation is 2. The molecule has 16 heavy (non-hydrogen) atoms. The summed E-state index contributed by atoms with van der Waals surface area (Å²) in [6.45, 7) is 3.94. The van der Waals surface area contributed by atoms with Gasteiger partial charge in [-0.3, -0.25) is 0 Å². The van der Waals surface area contributed by atoms with E-state index in [2.05, 4.69) is 4.98 Å². The smallest absolute Gasteiger partial charge is 0.216 e. The van der Waals surface area contributed by atoms with E-state index in [1.807, 2.05) is 32.0 Å². The van der Waals surface area contributed by atoms with Crippen LogP contribution in [0.1, 0.15) is 11.1 Å². The Bertz CT molecular complexity index is 511. The lowest BCUT2D eigenvalue weighted by atomic mass is 10.1. The summed E-state index contributed by atoms with van der Waals surface area (Å²) in [5.41, 5.74) is 2.12. The molecule has 3 heteroatoms. The van der Waals surface area contributed by atoms with Gasteiger partial charge >= 0.3 is 0 Å². The van der Waals surface area contributed by atoms with Crippen LogP contribution in [0.15, 0.2) is 36.5 Å². The Hall–Kier alpha value is -1.90. The summed E-state index contributed by atoms with van der Waals surface area (Å²) in [5.74, 6) is 0.662. The van der Waals surface area contributed by atoms with Crippen LogP contribution < -0.4 is 4.74 Å². The van der Waals surface area contributed by atoms with Crippen LogP contribution in [0.3, 0.4) is 0 Å². The molecule has 0 N–H and O–H groups in total. The molecule has 0 aliphatic carbocycles. The van der Waals surface area contributed by atoms with E-state index in [4.69, 9.17) is 4.74 Å². The van der Waals surface area contributed by atoms with Crippen molar-refractivity contribution >= 4 is 0 Å². The number of aromatic nitrogens is 1. The fourth-order valence-corrected chi connectivity index (χ4v) is 1.39. The summed E-state index contributed by atoms with van der Waals surface area (Å²) in [5, 5.41) is 0. The highest BCUT2D eigenvalue weighted by Crippen LogP contribution is 2.25. The molecule has 1 heterocycles. The van der Waals surface area contributed by atoms with Crippen LogP contribution in [0.2, 0.25) is 0 Å². The molecule has 0 aliphatic heterocycles. The largest absolute Gasteiger partial charge is 0.457 e. The SMILES string of the molecule is Cc1ccc(C)c(Oc2ccnc(F)c2)c1. The molecule has 0 radical (unpaired) electrons. The Morgan fingerprint density at radius 2 is 1.94 bits per heavy atom. The van der Waals surface area contributed by atoms with E-state index in [1.165, 1.54) is 12.3 Å². The molecule has 0 atom stereocenters. The highest BCUT2D eigenvalue weighted by Gasteiger charge is 2.02. The second-order valence-corrected chi connectivity index (χ2v) is 3.69. The van der Waals surface area contributed by atoms with Gasteiger partial charge < -0.3 is 4.74 Å². The summed E-state index contributed by atoms with van der Waals surface area (Å²) < 4.78 is 18.4. The average molecular weight is 217 g/mol. The van der Waals surface area contributed by atoms with Crippen molar-refractivity contribution in [2.24, 2.45) is 0 Å². The van der Waals surface area contributed by atoms with Crippen LogP contribution >= 0.6 is 0 Å². The molecule has 2 nitrogen and oxygen atoms in total. The topological polar surface area (TPSA) is 22.1 Å². The molecule has 1 aromatic carbocycles. The molecular weight excluding hydrogens is 205 g/mol. The van der Waals surface area contributed by atoms with Crippen molar-refractivity contribution in [2.45, 2.75) is 13.8 Å². The number of ether oxygens (including phenoxy) is 1. The minimum Gasteiger partial charge on any atom is -0.457 e. The van der Waals surface area contributed by atoms with Gasteiger partial charge in [0.05, 0.1) is 0 Å². The number of rotatable bonds is 2. The lowest BCUT2D eigenvalue weighted by Crippen LogP contribution is -1.90. The van der Waals surface area contributed by atoms with E-state index in [0.29, 0.717) is 5.75 Å². The number of hydrogen-bond donors (Lipinski definition) is 0. The van der Waals surface area contributed by atoms with Crippen LogP contribution in [0.25, 0.3) is 0 Å². The fourth-order valence-electron chi connectivity index (χ4n) is 1.39. The Balaban J connectivity index is 2.30. The number of nitrogens with zero attached hydrogens (tertiary/aromatic N) is 1. The lowest BCUT2D eigenvalue weighted by Gasteiger charge is -2.09. The Morgan fingerprint density at radius 1 is 1.12 bits per heavy atom. The minimum absolute atomic E-state index is 0.459. The third-order valence-corrected chi connectivity index (χ3v) is 2.27. The molecular formula is C13H12FNO.